The van der Waals surface area contributed by atoms with Crippen LogP contribution in [0.25, 0.3) is 10.9 Å². The summed E-state index contributed by atoms with van der Waals surface area (Å²) in [6.07, 6.45) is 1.82. The minimum atomic E-state index is 0.790. The summed E-state index contributed by atoms with van der Waals surface area (Å²) in [4.78, 5) is 6.78. The van der Waals surface area contributed by atoms with Crippen molar-refractivity contribution in [2.75, 3.05) is 31.1 Å². The quantitative estimate of drug-likeness (QED) is 0.838. The largest absolute Gasteiger partial charge is 0.366 e. The van der Waals surface area contributed by atoms with Gasteiger partial charge in [-0.25, -0.2) is 0 Å². The predicted octanol–water partition coefficient (Wildman–Crippen LogP) is 2.30. The Morgan fingerprint density at radius 2 is 2.00 bits per heavy atom. The molecule has 1 aromatic heterocycles. The van der Waals surface area contributed by atoms with E-state index in [2.05, 4.69) is 21.3 Å². The highest BCUT2D eigenvalue weighted by atomic mass is 35.5. The van der Waals surface area contributed by atoms with Gasteiger partial charge in [-0.15, -0.1) is 0 Å². The number of hydrogen-bond acceptors (Lipinski definition) is 3. The third-order valence-corrected chi connectivity index (χ3v) is 3.44. The molecule has 0 unspecified atom stereocenters. The molecular weight excluding hydrogens is 234 g/mol. The second-order valence-corrected chi connectivity index (χ2v) is 4.62. The highest BCUT2D eigenvalue weighted by molar-refractivity contribution is 6.34. The number of hydrogen-bond donors (Lipinski definition) is 1. The zero-order chi connectivity index (χ0) is 11.7. The maximum absolute atomic E-state index is 6.33. The first-order valence-corrected chi connectivity index (χ1v) is 6.23. The molecule has 88 valence electrons. The van der Waals surface area contributed by atoms with Crippen molar-refractivity contribution in [3.05, 3.63) is 35.5 Å². The number of pyridine rings is 1. The third kappa shape index (κ3) is 1.96. The average molecular weight is 248 g/mol. The summed E-state index contributed by atoms with van der Waals surface area (Å²) in [6, 6.07) is 8.02. The van der Waals surface area contributed by atoms with Crippen molar-refractivity contribution in [2.24, 2.45) is 0 Å². The summed E-state index contributed by atoms with van der Waals surface area (Å²) < 4.78 is 0. The Balaban J connectivity index is 2.15. The van der Waals surface area contributed by atoms with E-state index in [0.29, 0.717) is 0 Å². The number of halogens is 1. The Kier molecular flexibility index (Phi) is 2.87. The Morgan fingerprint density at radius 1 is 1.18 bits per heavy atom. The molecule has 0 radical (unpaired) electrons. The summed E-state index contributed by atoms with van der Waals surface area (Å²) in [5.41, 5.74) is 2.08. The summed E-state index contributed by atoms with van der Waals surface area (Å²) >= 11 is 6.33. The molecule has 0 saturated carbocycles. The van der Waals surface area contributed by atoms with Crippen LogP contribution in [0.2, 0.25) is 5.02 Å². The van der Waals surface area contributed by atoms with Crippen LogP contribution in [0.3, 0.4) is 0 Å². The van der Waals surface area contributed by atoms with Gasteiger partial charge in [-0.2, -0.15) is 0 Å². The zero-order valence-corrected chi connectivity index (χ0v) is 10.2. The van der Waals surface area contributed by atoms with E-state index < -0.39 is 0 Å². The van der Waals surface area contributed by atoms with Gasteiger partial charge in [0.2, 0.25) is 0 Å². The second-order valence-electron chi connectivity index (χ2n) is 4.21. The summed E-state index contributed by atoms with van der Waals surface area (Å²) in [6.45, 7) is 3.96. The van der Waals surface area contributed by atoms with Crippen LogP contribution in [0.4, 0.5) is 5.69 Å². The lowest BCUT2D eigenvalue weighted by atomic mass is 10.1. The topological polar surface area (TPSA) is 28.2 Å². The summed E-state index contributed by atoms with van der Waals surface area (Å²) in [5.74, 6) is 0. The highest BCUT2D eigenvalue weighted by Gasteiger charge is 2.16. The SMILES string of the molecule is Clc1ccc2cccnc2c1N1CCNCC1. The summed E-state index contributed by atoms with van der Waals surface area (Å²) in [5, 5.41) is 5.28. The van der Waals surface area contributed by atoms with E-state index in [4.69, 9.17) is 11.6 Å². The first-order chi connectivity index (χ1) is 8.36. The van der Waals surface area contributed by atoms with E-state index in [-0.39, 0.29) is 0 Å². The molecule has 1 aromatic carbocycles. The molecule has 2 heterocycles. The lowest BCUT2D eigenvalue weighted by Gasteiger charge is -2.30. The van der Waals surface area contributed by atoms with Crippen molar-refractivity contribution in [2.45, 2.75) is 0 Å². The van der Waals surface area contributed by atoms with E-state index in [1.165, 1.54) is 0 Å². The maximum Gasteiger partial charge on any atom is 0.0950 e. The van der Waals surface area contributed by atoms with Gasteiger partial charge in [0.05, 0.1) is 16.2 Å². The number of aromatic nitrogens is 1. The van der Waals surface area contributed by atoms with Gasteiger partial charge in [0.25, 0.3) is 0 Å². The standard InChI is InChI=1S/C13H14ClN3/c14-11-4-3-10-2-1-5-16-12(10)13(11)17-8-6-15-7-9-17/h1-5,15H,6-9H2. The molecule has 0 atom stereocenters. The van der Waals surface area contributed by atoms with Crippen molar-refractivity contribution >= 4 is 28.2 Å². The highest BCUT2D eigenvalue weighted by Crippen LogP contribution is 2.32. The maximum atomic E-state index is 6.33. The van der Waals surface area contributed by atoms with E-state index in [0.717, 1.165) is 47.8 Å². The Hall–Kier alpha value is -1.32. The Morgan fingerprint density at radius 3 is 2.82 bits per heavy atom. The van der Waals surface area contributed by atoms with Gasteiger partial charge in [0.1, 0.15) is 0 Å². The molecule has 2 aromatic rings. The van der Waals surface area contributed by atoms with Gasteiger partial charge in [0.15, 0.2) is 0 Å². The van der Waals surface area contributed by atoms with Gasteiger partial charge in [0, 0.05) is 37.8 Å². The number of fused-ring (bicyclic) bond motifs is 1. The van der Waals surface area contributed by atoms with E-state index >= 15 is 0 Å². The molecular formula is C13H14ClN3. The fraction of sp³-hybridized carbons (Fsp3) is 0.308. The fourth-order valence-electron chi connectivity index (χ4n) is 2.29. The second kappa shape index (κ2) is 4.51. The number of piperazine rings is 1. The molecule has 1 aliphatic rings. The van der Waals surface area contributed by atoms with E-state index in [1.807, 2.05) is 24.4 Å². The van der Waals surface area contributed by atoms with Crippen LogP contribution in [-0.4, -0.2) is 31.2 Å². The molecule has 0 aliphatic carbocycles. The number of nitrogens with one attached hydrogen (secondary N) is 1. The lowest BCUT2D eigenvalue weighted by Crippen LogP contribution is -2.43. The molecule has 17 heavy (non-hydrogen) atoms. The van der Waals surface area contributed by atoms with E-state index in [1.54, 1.807) is 0 Å². The van der Waals surface area contributed by atoms with Crippen molar-refractivity contribution in [1.82, 2.24) is 10.3 Å². The molecule has 0 spiro atoms. The van der Waals surface area contributed by atoms with Gasteiger partial charge < -0.3 is 10.2 Å². The molecule has 3 nitrogen and oxygen atoms in total. The lowest BCUT2D eigenvalue weighted by molar-refractivity contribution is 0.590. The molecule has 4 heteroatoms. The van der Waals surface area contributed by atoms with Crippen LogP contribution in [0.15, 0.2) is 30.5 Å². The minimum Gasteiger partial charge on any atom is -0.366 e. The minimum absolute atomic E-state index is 0.790. The normalized spacial score (nSPS) is 16.4. The molecule has 0 bridgehead atoms. The molecule has 1 N–H and O–H groups in total. The number of benzene rings is 1. The van der Waals surface area contributed by atoms with Crippen LogP contribution in [0.5, 0.6) is 0 Å². The number of anilines is 1. The molecule has 0 amide bonds. The third-order valence-electron chi connectivity index (χ3n) is 3.13. The summed E-state index contributed by atoms with van der Waals surface area (Å²) in [7, 11) is 0. The van der Waals surface area contributed by atoms with Crippen molar-refractivity contribution < 1.29 is 0 Å². The first kappa shape index (κ1) is 10.8. The van der Waals surface area contributed by atoms with Gasteiger partial charge >= 0.3 is 0 Å². The average Bonchev–Trinajstić information content (AvgIpc) is 2.39. The molecule has 1 fully saturated rings. The Bertz CT molecular complexity index is 535. The number of rotatable bonds is 1. The first-order valence-electron chi connectivity index (χ1n) is 5.85. The van der Waals surface area contributed by atoms with Crippen LogP contribution in [0.1, 0.15) is 0 Å². The molecule has 1 saturated heterocycles. The predicted molar refractivity (Wildman–Crippen MR) is 71.8 cm³/mol. The van der Waals surface area contributed by atoms with Gasteiger partial charge in [-0.3, -0.25) is 4.98 Å². The fourth-order valence-corrected chi connectivity index (χ4v) is 2.57. The monoisotopic (exact) mass is 247 g/mol. The van der Waals surface area contributed by atoms with E-state index in [9.17, 15) is 0 Å². The smallest absolute Gasteiger partial charge is 0.0950 e. The van der Waals surface area contributed by atoms with Crippen LogP contribution in [-0.2, 0) is 0 Å². The molecule has 1 aliphatic heterocycles. The zero-order valence-electron chi connectivity index (χ0n) is 9.49. The van der Waals surface area contributed by atoms with Crippen LogP contribution < -0.4 is 10.2 Å². The van der Waals surface area contributed by atoms with Crippen molar-refractivity contribution in [1.29, 1.82) is 0 Å². The Labute approximate surface area is 105 Å². The van der Waals surface area contributed by atoms with Crippen LogP contribution in [0, 0.1) is 0 Å². The van der Waals surface area contributed by atoms with Gasteiger partial charge in [-0.05, 0) is 12.1 Å². The van der Waals surface area contributed by atoms with Crippen LogP contribution >= 0.6 is 11.6 Å². The molecule has 3 rings (SSSR count). The van der Waals surface area contributed by atoms with Gasteiger partial charge in [-0.1, -0.05) is 23.7 Å². The number of nitrogens with zero attached hydrogens (tertiary/aromatic N) is 2. The van der Waals surface area contributed by atoms with Crippen molar-refractivity contribution in [3.8, 4) is 0 Å². The van der Waals surface area contributed by atoms with Crippen molar-refractivity contribution in [3.63, 3.8) is 0 Å².